The normalized spacial score (nSPS) is 28.8. The van der Waals surface area contributed by atoms with E-state index in [1.165, 1.54) is 5.56 Å². The molecule has 1 N–H and O–H groups in total. The van der Waals surface area contributed by atoms with E-state index in [1.54, 1.807) is 0 Å². The lowest BCUT2D eigenvalue weighted by molar-refractivity contribution is -0.141. The molecule has 112 valence electrons. The van der Waals surface area contributed by atoms with Gasteiger partial charge in [-0.3, -0.25) is 9.59 Å². The summed E-state index contributed by atoms with van der Waals surface area (Å²) in [5.74, 6) is -0.579. The summed E-state index contributed by atoms with van der Waals surface area (Å²) >= 11 is 0. The third kappa shape index (κ3) is 2.94. The van der Waals surface area contributed by atoms with Crippen LogP contribution in [0.5, 0.6) is 0 Å². The van der Waals surface area contributed by atoms with Crippen LogP contribution in [0.3, 0.4) is 0 Å². The lowest BCUT2D eigenvalue weighted by Crippen LogP contribution is -2.33. The molecular formula is C17H21NO3. The molecule has 2 aliphatic rings. The van der Waals surface area contributed by atoms with Crippen molar-refractivity contribution in [2.75, 3.05) is 13.1 Å². The molecule has 1 aliphatic carbocycles. The van der Waals surface area contributed by atoms with Crippen LogP contribution in [0.25, 0.3) is 0 Å². The first-order valence-corrected chi connectivity index (χ1v) is 7.71. The van der Waals surface area contributed by atoms with Crippen molar-refractivity contribution < 1.29 is 14.7 Å². The molecule has 1 heterocycles. The van der Waals surface area contributed by atoms with Crippen LogP contribution in [0.1, 0.15) is 37.2 Å². The summed E-state index contributed by atoms with van der Waals surface area (Å²) in [6, 6.07) is 10.3. The van der Waals surface area contributed by atoms with Crippen LogP contribution in [0.4, 0.5) is 0 Å². The maximum Gasteiger partial charge on any atom is 0.306 e. The van der Waals surface area contributed by atoms with Crippen LogP contribution in [0.2, 0.25) is 0 Å². The number of aliphatic carboxylic acids is 1. The number of likely N-dealkylation sites (tertiary alicyclic amines) is 1. The van der Waals surface area contributed by atoms with E-state index in [2.05, 4.69) is 12.1 Å². The molecule has 3 atom stereocenters. The Hall–Kier alpha value is -1.84. The number of rotatable bonds is 3. The van der Waals surface area contributed by atoms with E-state index >= 15 is 0 Å². The molecule has 2 fully saturated rings. The zero-order valence-electron chi connectivity index (χ0n) is 12.1. The van der Waals surface area contributed by atoms with E-state index in [9.17, 15) is 9.59 Å². The number of carboxylic acid groups (broad SMARTS) is 1. The highest BCUT2D eigenvalue weighted by molar-refractivity contribution is 5.81. The molecule has 0 bridgehead atoms. The summed E-state index contributed by atoms with van der Waals surface area (Å²) in [7, 11) is 0. The fourth-order valence-electron chi connectivity index (χ4n) is 3.65. The molecule has 3 rings (SSSR count). The number of hydrogen-bond acceptors (Lipinski definition) is 2. The first-order valence-electron chi connectivity index (χ1n) is 7.71. The molecule has 4 nitrogen and oxygen atoms in total. The van der Waals surface area contributed by atoms with Gasteiger partial charge >= 0.3 is 5.97 Å². The monoisotopic (exact) mass is 287 g/mol. The minimum absolute atomic E-state index is 0.0828. The molecular weight excluding hydrogens is 266 g/mol. The van der Waals surface area contributed by atoms with Crippen LogP contribution in [-0.4, -0.2) is 35.0 Å². The minimum atomic E-state index is -0.756. The first-order chi connectivity index (χ1) is 10.1. The van der Waals surface area contributed by atoms with Gasteiger partial charge in [0.2, 0.25) is 5.91 Å². The zero-order valence-corrected chi connectivity index (χ0v) is 12.1. The van der Waals surface area contributed by atoms with E-state index in [-0.39, 0.29) is 17.7 Å². The van der Waals surface area contributed by atoms with Crippen LogP contribution in [0, 0.1) is 11.8 Å². The first kappa shape index (κ1) is 14.1. The molecule has 1 amide bonds. The summed E-state index contributed by atoms with van der Waals surface area (Å²) in [6.45, 7) is 1.57. The summed E-state index contributed by atoms with van der Waals surface area (Å²) < 4.78 is 0. The molecule has 1 unspecified atom stereocenters. The molecule has 1 saturated carbocycles. The van der Waals surface area contributed by atoms with E-state index in [0.29, 0.717) is 18.8 Å². The van der Waals surface area contributed by atoms with E-state index < -0.39 is 5.97 Å². The van der Waals surface area contributed by atoms with Crippen molar-refractivity contribution in [2.24, 2.45) is 11.8 Å². The summed E-state index contributed by atoms with van der Waals surface area (Å²) in [5.41, 5.74) is 1.29. The van der Waals surface area contributed by atoms with E-state index in [0.717, 1.165) is 25.9 Å². The van der Waals surface area contributed by atoms with Gasteiger partial charge < -0.3 is 10.0 Å². The van der Waals surface area contributed by atoms with E-state index in [4.69, 9.17) is 5.11 Å². The SMILES string of the molecule is O=C(O)[C@H]1CC[C@@H](C(=O)N2CCC(c3ccccc3)C2)C1. The van der Waals surface area contributed by atoms with Gasteiger partial charge in [-0.25, -0.2) is 0 Å². The highest BCUT2D eigenvalue weighted by atomic mass is 16.4. The third-order valence-corrected chi connectivity index (χ3v) is 4.90. The Labute approximate surface area is 124 Å². The van der Waals surface area contributed by atoms with Gasteiger partial charge in [-0.15, -0.1) is 0 Å². The van der Waals surface area contributed by atoms with Gasteiger partial charge in [0, 0.05) is 24.9 Å². The smallest absolute Gasteiger partial charge is 0.306 e. The van der Waals surface area contributed by atoms with E-state index in [1.807, 2.05) is 23.1 Å². The average molecular weight is 287 g/mol. The Morgan fingerprint density at radius 2 is 1.76 bits per heavy atom. The van der Waals surface area contributed by atoms with Gasteiger partial charge in [0.15, 0.2) is 0 Å². The Bertz CT molecular complexity index is 528. The number of hydrogen-bond donors (Lipinski definition) is 1. The van der Waals surface area contributed by atoms with Crippen molar-refractivity contribution in [3.8, 4) is 0 Å². The number of benzene rings is 1. The predicted octanol–water partition coefficient (Wildman–Crippen LogP) is 2.50. The Morgan fingerprint density at radius 3 is 2.43 bits per heavy atom. The van der Waals surface area contributed by atoms with Crippen molar-refractivity contribution in [1.82, 2.24) is 4.90 Å². The average Bonchev–Trinajstić information content (AvgIpc) is 3.17. The van der Waals surface area contributed by atoms with Gasteiger partial charge in [0.05, 0.1) is 5.92 Å². The second kappa shape index (κ2) is 5.88. The summed E-state index contributed by atoms with van der Waals surface area (Å²) in [6.07, 6.45) is 2.88. The lowest BCUT2D eigenvalue weighted by atomic mass is 9.99. The van der Waals surface area contributed by atoms with Crippen LogP contribution in [0.15, 0.2) is 30.3 Å². The van der Waals surface area contributed by atoms with Crippen molar-refractivity contribution in [2.45, 2.75) is 31.6 Å². The summed E-state index contributed by atoms with van der Waals surface area (Å²) in [4.78, 5) is 25.5. The van der Waals surface area contributed by atoms with Crippen molar-refractivity contribution >= 4 is 11.9 Å². The number of amides is 1. The van der Waals surface area contributed by atoms with Gasteiger partial charge in [-0.2, -0.15) is 0 Å². The number of carboxylic acids is 1. The fourth-order valence-corrected chi connectivity index (χ4v) is 3.65. The summed E-state index contributed by atoms with van der Waals surface area (Å²) in [5, 5.41) is 9.04. The maximum absolute atomic E-state index is 12.5. The quantitative estimate of drug-likeness (QED) is 0.929. The van der Waals surface area contributed by atoms with Crippen LogP contribution < -0.4 is 0 Å². The number of carbonyl (C=O) groups excluding carboxylic acids is 1. The standard InChI is InChI=1S/C17H21NO3/c19-16(13-6-7-14(10-13)17(20)21)18-9-8-15(11-18)12-4-2-1-3-5-12/h1-5,13-15H,6-11H2,(H,20,21)/t13-,14+,15?/m1/s1. The highest BCUT2D eigenvalue weighted by Crippen LogP contribution is 2.35. The van der Waals surface area contributed by atoms with Gasteiger partial charge in [-0.1, -0.05) is 30.3 Å². The predicted molar refractivity (Wildman–Crippen MR) is 78.8 cm³/mol. The van der Waals surface area contributed by atoms with Crippen LogP contribution >= 0.6 is 0 Å². The molecule has 21 heavy (non-hydrogen) atoms. The Morgan fingerprint density at radius 1 is 1.05 bits per heavy atom. The van der Waals surface area contributed by atoms with Gasteiger partial charge in [0.1, 0.15) is 0 Å². The topological polar surface area (TPSA) is 57.6 Å². The molecule has 1 aromatic carbocycles. The van der Waals surface area contributed by atoms with Crippen LogP contribution in [-0.2, 0) is 9.59 Å². The number of carbonyl (C=O) groups is 2. The minimum Gasteiger partial charge on any atom is -0.481 e. The van der Waals surface area contributed by atoms with Crippen molar-refractivity contribution in [3.05, 3.63) is 35.9 Å². The fraction of sp³-hybridized carbons (Fsp3) is 0.529. The molecule has 1 aliphatic heterocycles. The zero-order chi connectivity index (χ0) is 14.8. The van der Waals surface area contributed by atoms with Crippen molar-refractivity contribution in [1.29, 1.82) is 0 Å². The largest absolute Gasteiger partial charge is 0.481 e. The molecule has 0 spiro atoms. The lowest BCUT2D eigenvalue weighted by Gasteiger charge is -2.20. The highest BCUT2D eigenvalue weighted by Gasteiger charge is 2.37. The molecule has 1 aromatic rings. The molecule has 0 aromatic heterocycles. The Balaban J connectivity index is 1.59. The molecule has 0 radical (unpaired) electrons. The molecule has 1 saturated heterocycles. The molecule has 4 heteroatoms. The Kier molecular flexibility index (Phi) is 3.95. The van der Waals surface area contributed by atoms with Crippen molar-refractivity contribution in [3.63, 3.8) is 0 Å². The third-order valence-electron chi connectivity index (χ3n) is 4.90. The maximum atomic E-state index is 12.5. The second-order valence-electron chi connectivity index (χ2n) is 6.23. The number of nitrogens with zero attached hydrogens (tertiary/aromatic N) is 1. The second-order valence-corrected chi connectivity index (χ2v) is 6.23. The van der Waals surface area contributed by atoms with Gasteiger partial charge in [0.25, 0.3) is 0 Å². The van der Waals surface area contributed by atoms with Gasteiger partial charge in [-0.05, 0) is 31.2 Å².